The molecule has 26 heavy (non-hydrogen) atoms. The first kappa shape index (κ1) is 17.3. The molecule has 0 unspecified atom stereocenters. The summed E-state index contributed by atoms with van der Waals surface area (Å²) in [4.78, 5) is 25.3. The van der Waals surface area contributed by atoms with Gasteiger partial charge in [0.25, 0.3) is 5.91 Å². The van der Waals surface area contributed by atoms with Crippen LogP contribution in [0.1, 0.15) is 16.2 Å². The van der Waals surface area contributed by atoms with Gasteiger partial charge in [-0.1, -0.05) is 24.3 Å². The van der Waals surface area contributed by atoms with E-state index in [1.807, 2.05) is 18.2 Å². The van der Waals surface area contributed by atoms with Crippen LogP contribution in [0.15, 0.2) is 54.6 Å². The smallest absolute Gasteiger partial charge is 0.361 e. The van der Waals surface area contributed by atoms with E-state index in [9.17, 15) is 14.0 Å². The molecule has 0 radical (unpaired) electrons. The molecule has 8 heteroatoms. The van der Waals surface area contributed by atoms with E-state index in [1.165, 1.54) is 23.0 Å². The molecule has 132 valence electrons. The lowest BCUT2D eigenvalue weighted by Gasteiger charge is -2.05. The first-order chi connectivity index (χ1) is 12.5. The summed E-state index contributed by atoms with van der Waals surface area (Å²) in [6.45, 7) is 1.10. The van der Waals surface area contributed by atoms with Crippen molar-refractivity contribution < 1.29 is 18.7 Å². The highest BCUT2D eigenvalue weighted by Gasteiger charge is 2.19. The molecule has 1 N–H and O–H groups in total. The van der Waals surface area contributed by atoms with Crippen molar-refractivity contribution in [3.05, 3.63) is 71.8 Å². The number of hydrogen-bond acceptors (Lipinski definition) is 5. The van der Waals surface area contributed by atoms with Gasteiger partial charge in [-0.15, -0.1) is 5.10 Å². The minimum Gasteiger partial charge on any atom is -0.451 e. The van der Waals surface area contributed by atoms with E-state index in [1.54, 1.807) is 19.1 Å². The van der Waals surface area contributed by atoms with Gasteiger partial charge in [0.2, 0.25) is 0 Å². The van der Waals surface area contributed by atoms with Gasteiger partial charge in [-0.3, -0.25) is 4.79 Å². The van der Waals surface area contributed by atoms with Gasteiger partial charge >= 0.3 is 5.97 Å². The van der Waals surface area contributed by atoms with E-state index < -0.39 is 24.3 Å². The monoisotopic (exact) mass is 354 g/mol. The zero-order valence-corrected chi connectivity index (χ0v) is 13.8. The van der Waals surface area contributed by atoms with E-state index in [0.717, 1.165) is 6.07 Å². The highest BCUT2D eigenvalue weighted by molar-refractivity contribution is 5.95. The number of rotatable bonds is 5. The number of esters is 1. The lowest BCUT2D eigenvalue weighted by atomic mass is 10.3. The molecule has 0 spiro atoms. The number of ether oxygens (including phenoxy) is 1. The van der Waals surface area contributed by atoms with Crippen molar-refractivity contribution in [3.63, 3.8) is 0 Å². The molecule has 0 atom stereocenters. The standard InChI is InChI=1S/C18H15FN4O3/c1-12-17(22-23(21-12)15-8-3-2-4-9-15)18(25)26-11-16(24)20-14-7-5-6-13(19)10-14/h2-10H,11H2,1H3,(H,20,24). The predicted molar refractivity (Wildman–Crippen MR) is 91.4 cm³/mol. The van der Waals surface area contributed by atoms with Crippen LogP contribution in [0.2, 0.25) is 0 Å². The van der Waals surface area contributed by atoms with E-state index in [-0.39, 0.29) is 11.4 Å². The summed E-state index contributed by atoms with van der Waals surface area (Å²) >= 11 is 0. The summed E-state index contributed by atoms with van der Waals surface area (Å²) in [5.41, 5.74) is 1.37. The van der Waals surface area contributed by atoms with Crippen molar-refractivity contribution in [2.24, 2.45) is 0 Å². The minimum absolute atomic E-state index is 0.0207. The number of nitrogens with zero attached hydrogens (tertiary/aromatic N) is 3. The van der Waals surface area contributed by atoms with Crippen LogP contribution < -0.4 is 5.32 Å². The number of carbonyl (C=O) groups is 2. The van der Waals surface area contributed by atoms with E-state index in [4.69, 9.17) is 4.74 Å². The van der Waals surface area contributed by atoms with E-state index in [0.29, 0.717) is 11.4 Å². The van der Waals surface area contributed by atoms with Crippen LogP contribution >= 0.6 is 0 Å². The number of halogens is 1. The Morgan fingerprint density at radius 3 is 2.62 bits per heavy atom. The van der Waals surface area contributed by atoms with Crippen LogP contribution in [0.25, 0.3) is 5.69 Å². The second kappa shape index (κ2) is 7.56. The SMILES string of the molecule is Cc1nn(-c2ccccc2)nc1C(=O)OCC(=O)Nc1cccc(F)c1. The highest BCUT2D eigenvalue weighted by atomic mass is 19.1. The molecular weight excluding hydrogens is 339 g/mol. The molecule has 3 aromatic rings. The molecule has 0 aliphatic carbocycles. The lowest BCUT2D eigenvalue weighted by molar-refractivity contribution is -0.119. The average molecular weight is 354 g/mol. The van der Waals surface area contributed by atoms with Gasteiger partial charge in [0.15, 0.2) is 12.3 Å². The minimum atomic E-state index is -0.765. The topological polar surface area (TPSA) is 86.1 Å². The molecule has 0 aliphatic rings. The fourth-order valence-electron chi connectivity index (χ4n) is 2.21. The first-order valence-corrected chi connectivity index (χ1v) is 7.75. The van der Waals surface area contributed by atoms with Crippen LogP contribution in [0.4, 0.5) is 10.1 Å². The number of para-hydroxylation sites is 1. The molecule has 7 nitrogen and oxygen atoms in total. The van der Waals surface area contributed by atoms with Gasteiger partial charge < -0.3 is 10.1 Å². The Labute approximate surface area is 148 Å². The lowest BCUT2D eigenvalue weighted by Crippen LogP contribution is -2.21. The second-order valence-electron chi connectivity index (χ2n) is 5.39. The molecule has 0 saturated carbocycles. The normalized spacial score (nSPS) is 10.4. The van der Waals surface area contributed by atoms with Crippen molar-refractivity contribution in [3.8, 4) is 5.69 Å². The Hall–Kier alpha value is -3.55. The molecule has 0 saturated heterocycles. The molecule has 0 fully saturated rings. The molecular formula is C18H15FN4O3. The maximum Gasteiger partial charge on any atom is 0.361 e. The third-order valence-electron chi connectivity index (χ3n) is 3.41. The number of carbonyl (C=O) groups excluding carboxylic acids is 2. The number of anilines is 1. The number of aryl methyl sites for hydroxylation is 1. The van der Waals surface area contributed by atoms with Crippen LogP contribution in [0.3, 0.4) is 0 Å². The molecule has 0 aliphatic heterocycles. The number of amides is 1. The summed E-state index contributed by atoms with van der Waals surface area (Å²) in [5.74, 6) is -1.83. The summed E-state index contributed by atoms with van der Waals surface area (Å²) in [6.07, 6.45) is 0. The number of nitrogens with one attached hydrogen (secondary N) is 1. The van der Waals surface area contributed by atoms with Crippen LogP contribution in [0.5, 0.6) is 0 Å². The molecule has 3 rings (SSSR count). The second-order valence-corrected chi connectivity index (χ2v) is 5.39. The van der Waals surface area contributed by atoms with Crippen LogP contribution in [-0.2, 0) is 9.53 Å². The third-order valence-corrected chi connectivity index (χ3v) is 3.41. The van der Waals surface area contributed by atoms with E-state index >= 15 is 0 Å². The summed E-state index contributed by atoms with van der Waals surface area (Å²) in [7, 11) is 0. The zero-order chi connectivity index (χ0) is 18.5. The molecule has 2 aromatic carbocycles. The Morgan fingerprint density at radius 1 is 1.12 bits per heavy atom. The van der Waals surface area contributed by atoms with Gasteiger partial charge in [0.1, 0.15) is 5.82 Å². The Morgan fingerprint density at radius 2 is 1.88 bits per heavy atom. The third kappa shape index (κ3) is 4.10. The highest BCUT2D eigenvalue weighted by Crippen LogP contribution is 2.10. The van der Waals surface area contributed by atoms with Gasteiger partial charge in [0.05, 0.1) is 11.4 Å². The largest absolute Gasteiger partial charge is 0.451 e. The predicted octanol–water partition coefficient (Wildman–Crippen LogP) is 2.51. The zero-order valence-electron chi connectivity index (χ0n) is 13.8. The Kier molecular flexibility index (Phi) is 5.02. The van der Waals surface area contributed by atoms with Gasteiger partial charge in [-0.25, -0.2) is 9.18 Å². The maximum absolute atomic E-state index is 13.1. The van der Waals surface area contributed by atoms with Gasteiger partial charge in [-0.05, 0) is 37.3 Å². The number of hydrogen-bond donors (Lipinski definition) is 1. The fourth-order valence-corrected chi connectivity index (χ4v) is 2.21. The molecule has 1 amide bonds. The maximum atomic E-state index is 13.1. The molecule has 1 heterocycles. The summed E-state index contributed by atoms with van der Waals surface area (Å²) in [6, 6.07) is 14.5. The van der Waals surface area contributed by atoms with Crippen molar-refractivity contribution in [2.45, 2.75) is 6.92 Å². The fraction of sp³-hybridized carbons (Fsp3) is 0.111. The molecule has 1 aromatic heterocycles. The molecule has 0 bridgehead atoms. The Balaban J connectivity index is 1.61. The summed E-state index contributed by atoms with van der Waals surface area (Å²) < 4.78 is 18.0. The van der Waals surface area contributed by atoms with Gasteiger partial charge in [0, 0.05) is 5.69 Å². The average Bonchev–Trinajstić information content (AvgIpc) is 3.02. The van der Waals surface area contributed by atoms with E-state index in [2.05, 4.69) is 15.5 Å². The van der Waals surface area contributed by atoms with Crippen molar-refractivity contribution >= 4 is 17.6 Å². The number of aromatic nitrogens is 3. The van der Waals surface area contributed by atoms with Crippen molar-refractivity contribution in [1.82, 2.24) is 15.0 Å². The van der Waals surface area contributed by atoms with Crippen molar-refractivity contribution in [2.75, 3.05) is 11.9 Å². The number of benzene rings is 2. The summed E-state index contributed by atoms with van der Waals surface area (Å²) in [5, 5.41) is 10.7. The quantitative estimate of drug-likeness (QED) is 0.712. The Bertz CT molecular complexity index is 941. The van der Waals surface area contributed by atoms with Crippen LogP contribution in [0, 0.1) is 12.7 Å². The first-order valence-electron chi connectivity index (χ1n) is 7.75. The van der Waals surface area contributed by atoms with Crippen LogP contribution in [-0.4, -0.2) is 33.5 Å². The van der Waals surface area contributed by atoms with Gasteiger partial charge in [-0.2, -0.15) is 9.90 Å². The van der Waals surface area contributed by atoms with Crippen molar-refractivity contribution in [1.29, 1.82) is 0 Å².